The van der Waals surface area contributed by atoms with Gasteiger partial charge in [0.25, 0.3) is 0 Å². The van der Waals surface area contributed by atoms with Crippen LogP contribution in [0.25, 0.3) is 27.9 Å². The highest BCUT2D eigenvalue weighted by molar-refractivity contribution is 5.86. The first-order valence-electron chi connectivity index (χ1n) is 11.8. The van der Waals surface area contributed by atoms with Crippen LogP contribution in [-0.2, 0) is 9.47 Å². The summed E-state index contributed by atoms with van der Waals surface area (Å²) in [4.78, 5) is 12.0. The Morgan fingerprint density at radius 2 is 1.88 bits per heavy atom. The van der Waals surface area contributed by atoms with Crippen molar-refractivity contribution in [1.29, 1.82) is 0 Å². The van der Waals surface area contributed by atoms with Gasteiger partial charge in [0.2, 0.25) is 0 Å². The Bertz CT molecular complexity index is 1270. The van der Waals surface area contributed by atoms with E-state index in [4.69, 9.17) is 24.5 Å². The Morgan fingerprint density at radius 1 is 0.970 bits per heavy atom. The number of aromatic nitrogens is 4. The van der Waals surface area contributed by atoms with Gasteiger partial charge in [0.1, 0.15) is 5.82 Å². The predicted molar refractivity (Wildman–Crippen MR) is 128 cm³/mol. The molecular weight excluding hydrogens is 414 g/mol. The van der Waals surface area contributed by atoms with Crippen LogP contribution in [0.1, 0.15) is 35.5 Å². The van der Waals surface area contributed by atoms with Gasteiger partial charge in [-0.2, -0.15) is 5.10 Å². The lowest BCUT2D eigenvalue weighted by Crippen LogP contribution is -2.50. The summed E-state index contributed by atoms with van der Waals surface area (Å²) in [7, 11) is 0. The maximum absolute atomic E-state index is 5.51. The second-order valence-electron chi connectivity index (χ2n) is 9.16. The van der Waals surface area contributed by atoms with Crippen molar-refractivity contribution >= 4 is 22.0 Å². The van der Waals surface area contributed by atoms with E-state index in [1.165, 1.54) is 22.3 Å². The normalized spacial score (nSPS) is 19.9. The Labute approximate surface area is 193 Å². The van der Waals surface area contributed by atoms with Gasteiger partial charge in [-0.05, 0) is 61.1 Å². The van der Waals surface area contributed by atoms with Crippen molar-refractivity contribution in [3.8, 4) is 5.82 Å². The smallest absolute Gasteiger partial charge is 0.158 e. The summed E-state index contributed by atoms with van der Waals surface area (Å²) >= 11 is 0. The maximum atomic E-state index is 5.51. The summed E-state index contributed by atoms with van der Waals surface area (Å²) in [5, 5.41) is 5.84. The number of hydrogen-bond donors (Lipinski definition) is 0. The molecule has 0 saturated carbocycles. The molecule has 0 unspecified atom stereocenters. The number of fused-ring (bicyclic) bond motifs is 1. The molecule has 0 radical (unpaired) electrons. The van der Waals surface area contributed by atoms with E-state index in [0.29, 0.717) is 12.6 Å². The number of hydrogen-bond acceptors (Lipinski definition) is 6. The van der Waals surface area contributed by atoms with Gasteiger partial charge in [-0.15, -0.1) is 0 Å². The molecule has 0 N–H and O–H groups in total. The van der Waals surface area contributed by atoms with E-state index >= 15 is 0 Å². The number of aryl methyl sites for hydroxylation is 2. The number of benzene rings is 1. The van der Waals surface area contributed by atoms with Crippen molar-refractivity contribution in [2.45, 2.75) is 32.7 Å². The molecule has 0 spiro atoms. The van der Waals surface area contributed by atoms with Gasteiger partial charge in [0, 0.05) is 24.5 Å². The minimum absolute atomic E-state index is 0.574. The number of rotatable bonds is 4. The molecule has 2 aromatic heterocycles. The van der Waals surface area contributed by atoms with E-state index in [9.17, 15) is 0 Å². The van der Waals surface area contributed by atoms with E-state index < -0.39 is 0 Å². The summed E-state index contributed by atoms with van der Waals surface area (Å²) in [6.07, 6.45) is 8.37. The van der Waals surface area contributed by atoms with Gasteiger partial charge in [0.15, 0.2) is 5.82 Å². The molecule has 5 heterocycles. The van der Waals surface area contributed by atoms with E-state index in [0.717, 1.165) is 74.0 Å². The average Bonchev–Trinajstić information content (AvgIpc) is 3.21. The molecular formula is C26H29N5O2. The van der Waals surface area contributed by atoms with Crippen LogP contribution in [0.2, 0.25) is 0 Å². The highest BCUT2D eigenvalue weighted by Gasteiger charge is 2.27. The Morgan fingerprint density at radius 3 is 2.61 bits per heavy atom. The zero-order valence-corrected chi connectivity index (χ0v) is 19.3. The van der Waals surface area contributed by atoms with Gasteiger partial charge in [-0.25, -0.2) is 14.6 Å². The largest absolute Gasteiger partial charge is 0.378 e. The molecule has 0 aliphatic carbocycles. The fraction of sp³-hybridized carbons (Fsp3) is 0.423. The lowest BCUT2D eigenvalue weighted by molar-refractivity contribution is -0.0612. The molecule has 3 aliphatic rings. The fourth-order valence-electron chi connectivity index (χ4n) is 5.00. The van der Waals surface area contributed by atoms with Gasteiger partial charge in [-0.1, -0.05) is 12.2 Å². The molecule has 0 bridgehead atoms. The minimum atomic E-state index is 0.574. The second kappa shape index (κ2) is 8.48. The van der Waals surface area contributed by atoms with Crippen LogP contribution < -0.4 is 0 Å². The maximum Gasteiger partial charge on any atom is 0.158 e. The molecule has 1 fully saturated rings. The van der Waals surface area contributed by atoms with Gasteiger partial charge in [-0.3, -0.25) is 4.90 Å². The van der Waals surface area contributed by atoms with Crippen molar-refractivity contribution in [1.82, 2.24) is 24.6 Å². The first kappa shape index (κ1) is 20.7. The third-order valence-corrected chi connectivity index (χ3v) is 6.97. The third kappa shape index (κ3) is 3.90. The first-order chi connectivity index (χ1) is 16.2. The second-order valence-corrected chi connectivity index (χ2v) is 9.16. The van der Waals surface area contributed by atoms with E-state index in [1.807, 2.05) is 17.8 Å². The van der Waals surface area contributed by atoms with Gasteiger partial charge in [0.05, 0.1) is 49.9 Å². The number of ether oxygens (including phenoxy) is 2. The van der Waals surface area contributed by atoms with Crippen LogP contribution in [-0.4, -0.2) is 70.2 Å². The molecule has 7 heteroatoms. The molecule has 33 heavy (non-hydrogen) atoms. The Kier molecular flexibility index (Phi) is 5.32. The van der Waals surface area contributed by atoms with Crippen molar-refractivity contribution in [3.05, 3.63) is 59.2 Å². The summed E-state index contributed by atoms with van der Waals surface area (Å²) in [6.45, 7) is 9.30. The molecule has 170 valence electrons. The topological polar surface area (TPSA) is 65.3 Å². The van der Waals surface area contributed by atoms with Crippen LogP contribution in [0.15, 0.2) is 36.5 Å². The molecule has 3 aliphatic heterocycles. The molecule has 0 amide bonds. The van der Waals surface area contributed by atoms with Crippen molar-refractivity contribution in [2.75, 3.05) is 39.5 Å². The Balaban J connectivity index is 1.36. The van der Waals surface area contributed by atoms with Gasteiger partial charge >= 0.3 is 0 Å². The van der Waals surface area contributed by atoms with Crippen LogP contribution in [0.5, 0.6) is 0 Å². The van der Waals surface area contributed by atoms with Crippen LogP contribution in [0.3, 0.4) is 0 Å². The molecule has 7 nitrogen and oxygen atoms in total. The molecule has 0 atom stereocenters. The highest BCUT2D eigenvalue weighted by Crippen LogP contribution is 2.30. The average molecular weight is 444 g/mol. The minimum Gasteiger partial charge on any atom is -0.378 e. The van der Waals surface area contributed by atoms with Crippen LogP contribution in [0.4, 0.5) is 0 Å². The zero-order chi connectivity index (χ0) is 22.4. The SMILES string of the molecule is Cc1nc(C2=CCN(C3COC3)CC2)cc(-n2ncc3cc(C)c(C4=CCOCC4)cc32)n1. The monoisotopic (exact) mass is 443 g/mol. The summed E-state index contributed by atoms with van der Waals surface area (Å²) in [6, 6.07) is 7.14. The highest BCUT2D eigenvalue weighted by atomic mass is 16.5. The van der Waals surface area contributed by atoms with Crippen LogP contribution >= 0.6 is 0 Å². The standard InChI is InChI=1S/C26H29N5O2/c1-17-11-21-14-27-31(25(21)12-23(17)19-5-9-32-10-6-19)26-13-24(28-18(2)29-26)20-3-7-30(8-4-20)22-15-33-16-22/h3,5,11-14,22H,4,6-10,15-16H2,1-2H3. The van der Waals surface area contributed by atoms with E-state index in [2.05, 4.69) is 42.2 Å². The molecule has 1 saturated heterocycles. The number of nitrogens with zero attached hydrogens (tertiary/aromatic N) is 5. The lowest BCUT2D eigenvalue weighted by Gasteiger charge is -2.38. The Hall–Kier alpha value is -2.87. The van der Waals surface area contributed by atoms with Crippen molar-refractivity contribution < 1.29 is 9.47 Å². The molecule has 1 aromatic carbocycles. The quantitative estimate of drug-likeness (QED) is 0.612. The van der Waals surface area contributed by atoms with E-state index in [-0.39, 0.29) is 0 Å². The molecule has 6 rings (SSSR count). The lowest BCUT2D eigenvalue weighted by atomic mass is 9.96. The summed E-state index contributed by atoms with van der Waals surface area (Å²) < 4.78 is 12.8. The van der Waals surface area contributed by atoms with Gasteiger partial charge < -0.3 is 9.47 Å². The zero-order valence-electron chi connectivity index (χ0n) is 19.3. The summed E-state index contributed by atoms with van der Waals surface area (Å²) in [5.41, 5.74) is 7.25. The molecule has 3 aromatic rings. The van der Waals surface area contributed by atoms with Crippen LogP contribution in [0, 0.1) is 13.8 Å². The predicted octanol–water partition coefficient (Wildman–Crippen LogP) is 3.72. The van der Waals surface area contributed by atoms with Crippen molar-refractivity contribution in [3.63, 3.8) is 0 Å². The first-order valence-corrected chi connectivity index (χ1v) is 11.8. The van der Waals surface area contributed by atoms with E-state index in [1.54, 1.807) is 0 Å². The third-order valence-electron chi connectivity index (χ3n) is 6.97. The fourth-order valence-corrected chi connectivity index (χ4v) is 5.00. The summed E-state index contributed by atoms with van der Waals surface area (Å²) in [5.74, 6) is 1.58. The van der Waals surface area contributed by atoms with Crippen molar-refractivity contribution in [2.24, 2.45) is 0 Å².